The molecule has 20 heavy (non-hydrogen) atoms. The lowest BCUT2D eigenvalue weighted by Gasteiger charge is -2.13. The van der Waals surface area contributed by atoms with Gasteiger partial charge in [-0.1, -0.05) is 26.0 Å². The molecule has 1 rings (SSSR count). The highest BCUT2D eigenvalue weighted by Crippen LogP contribution is 2.24. The van der Waals surface area contributed by atoms with Gasteiger partial charge < -0.3 is 20.5 Å². The van der Waals surface area contributed by atoms with E-state index in [0.29, 0.717) is 32.3 Å². The Morgan fingerprint density at radius 2 is 1.95 bits per heavy atom. The smallest absolute Gasteiger partial charge is 0.122 e. The van der Waals surface area contributed by atoms with Gasteiger partial charge in [0.05, 0.1) is 13.2 Å². The molecule has 4 heteroatoms. The monoisotopic (exact) mass is 280 g/mol. The van der Waals surface area contributed by atoms with Crippen molar-refractivity contribution in [1.29, 1.82) is 0 Å². The molecule has 0 amide bonds. The van der Waals surface area contributed by atoms with Crippen molar-refractivity contribution in [2.24, 2.45) is 5.73 Å². The molecule has 0 radical (unpaired) electrons. The first-order valence-corrected chi connectivity index (χ1v) is 7.37. The van der Waals surface area contributed by atoms with E-state index >= 15 is 0 Å². The topological polar surface area (TPSA) is 56.5 Å². The average molecular weight is 280 g/mol. The molecule has 1 aromatic carbocycles. The largest absolute Gasteiger partial charge is 0.491 e. The van der Waals surface area contributed by atoms with Gasteiger partial charge >= 0.3 is 0 Å². The van der Waals surface area contributed by atoms with Crippen molar-refractivity contribution < 1.29 is 9.47 Å². The summed E-state index contributed by atoms with van der Waals surface area (Å²) in [6, 6.07) is 6.40. The van der Waals surface area contributed by atoms with Gasteiger partial charge in [-0.05, 0) is 30.0 Å². The van der Waals surface area contributed by atoms with Crippen LogP contribution in [0, 0.1) is 6.92 Å². The highest BCUT2D eigenvalue weighted by Gasteiger charge is 2.04. The van der Waals surface area contributed by atoms with Crippen LogP contribution >= 0.6 is 0 Å². The maximum absolute atomic E-state index is 5.79. The van der Waals surface area contributed by atoms with Gasteiger partial charge in [-0.15, -0.1) is 0 Å². The molecule has 1 aromatic rings. The van der Waals surface area contributed by atoms with E-state index < -0.39 is 0 Å². The second-order valence-electron chi connectivity index (χ2n) is 5.18. The summed E-state index contributed by atoms with van der Waals surface area (Å²) in [7, 11) is 0. The zero-order valence-corrected chi connectivity index (χ0v) is 12.9. The molecule has 0 spiro atoms. The van der Waals surface area contributed by atoms with Gasteiger partial charge in [0.25, 0.3) is 0 Å². The van der Waals surface area contributed by atoms with Crippen LogP contribution in [-0.4, -0.2) is 39.5 Å². The van der Waals surface area contributed by atoms with E-state index in [1.54, 1.807) is 0 Å². The number of hydrogen-bond donors (Lipinski definition) is 2. The van der Waals surface area contributed by atoms with Crippen molar-refractivity contribution in [1.82, 2.24) is 5.32 Å². The molecule has 0 bridgehead atoms. The summed E-state index contributed by atoms with van der Waals surface area (Å²) < 4.78 is 11.3. The molecule has 4 nitrogen and oxygen atoms in total. The fourth-order valence-corrected chi connectivity index (χ4v) is 1.82. The van der Waals surface area contributed by atoms with Crippen molar-refractivity contribution in [3.05, 3.63) is 29.3 Å². The molecule has 0 fully saturated rings. The van der Waals surface area contributed by atoms with Crippen LogP contribution in [0.2, 0.25) is 0 Å². The predicted molar refractivity (Wildman–Crippen MR) is 83.5 cm³/mol. The number of nitrogens with two attached hydrogens (primary N) is 1. The van der Waals surface area contributed by atoms with Crippen LogP contribution in [0.25, 0.3) is 0 Å². The van der Waals surface area contributed by atoms with Crippen LogP contribution < -0.4 is 15.8 Å². The second-order valence-corrected chi connectivity index (χ2v) is 5.18. The van der Waals surface area contributed by atoms with Crippen molar-refractivity contribution in [3.63, 3.8) is 0 Å². The van der Waals surface area contributed by atoms with Gasteiger partial charge in [-0.3, -0.25) is 0 Å². The summed E-state index contributed by atoms with van der Waals surface area (Å²) in [6.07, 6.45) is 0. The van der Waals surface area contributed by atoms with Crippen LogP contribution in [0.5, 0.6) is 5.75 Å². The fraction of sp³-hybridized carbons (Fsp3) is 0.625. The van der Waals surface area contributed by atoms with E-state index in [0.717, 1.165) is 18.8 Å². The quantitative estimate of drug-likeness (QED) is 0.644. The van der Waals surface area contributed by atoms with Crippen molar-refractivity contribution in [2.45, 2.75) is 26.7 Å². The minimum atomic E-state index is 0.516. The summed E-state index contributed by atoms with van der Waals surface area (Å²) in [4.78, 5) is 0. The molecular formula is C16H28N2O2. The Kier molecular flexibility index (Phi) is 8.26. The lowest BCUT2D eigenvalue weighted by atomic mass is 10.0. The molecule has 0 aromatic heterocycles. The standard InChI is InChI=1S/C16H28N2O2/c1-13(2)15-5-4-14(3)16(12-15)20-11-10-19-9-8-18-7-6-17/h4-5,12-13,18H,6-11,17H2,1-3H3. The lowest BCUT2D eigenvalue weighted by Crippen LogP contribution is -2.26. The number of rotatable bonds is 10. The zero-order chi connectivity index (χ0) is 14.8. The van der Waals surface area contributed by atoms with E-state index in [1.165, 1.54) is 11.1 Å². The number of benzene rings is 1. The van der Waals surface area contributed by atoms with Gasteiger partial charge in [0.1, 0.15) is 12.4 Å². The Morgan fingerprint density at radius 1 is 1.15 bits per heavy atom. The van der Waals surface area contributed by atoms with Crippen LogP contribution in [0.1, 0.15) is 30.9 Å². The Hall–Kier alpha value is -1.10. The van der Waals surface area contributed by atoms with Gasteiger partial charge in [-0.25, -0.2) is 0 Å². The van der Waals surface area contributed by atoms with Crippen LogP contribution in [0.15, 0.2) is 18.2 Å². The molecule has 0 saturated heterocycles. The third kappa shape index (κ3) is 6.37. The van der Waals surface area contributed by atoms with Gasteiger partial charge in [0, 0.05) is 19.6 Å². The maximum atomic E-state index is 5.79. The van der Waals surface area contributed by atoms with E-state index in [2.05, 4.69) is 44.3 Å². The first-order chi connectivity index (χ1) is 9.65. The maximum Gasteiger partial charge on any atom is 0.122 e. The summed E-state index contributed by atoms with van der Waals surface area (Å²) in [5.41, 5.74) is 7.85. The minimum absolute atomic E-state index is 0.516. The first kappa shape index (κ1) is 17.0. The highest BCUT2D eigenvalue weighted by atomic mass is 16.5. The van der Waals surface area contributed by atoms with Gasteiger partial charge in [0.15, 0.2) is 0 Å². The molecule has 0 saturated carbocycles. The SMILES string of the molecule is Cc1ccc(C(C)C)cc1OCCOCCNCCN. The molecule has 0 aliphatic rings. The van der Waals surface area contributed by atoms with Gasteiger partial charge in [0.2, 0.25) is 0 Å². The molecule has 114 valence electrons. The molecule has 0 aliphatic carbocycles. The number of hydrogen-bond acceptors (Lipinski definition) is 4. The van der Waals surface area contributed by atoms with Crippen molar-refractivity contribution in [3.8, 4) is 5.75 Å². The highest BCUT2D eigenvalue weighted by molar-refractivity contribution is 5.37. The molecular weight excluding hydrogens is 252 g/mol. The Labute approximate surface area is 122 Å². The zero-order valence-electron chi connectivity index (χ0n) is 12.9. The Bertz CT molecular complexity index is 381. The van der Waals surface area contributed by atoms with Crippen LogP contribution in [0.3, 0.4) is 0 Å². The van der Waals surface area contributed by atoms with E-state index in [4.69, 9.17) is 15.2 Å². The molecule has 3 N–H and O–H groups in total. The molecule has 0 unspecified atom stereocenters. The summed E-state index contributed by atoms with van der Waals surface area (Å²) in [5.74, 6) is 1.48. The average Bonchev–Trinajstić information content (AvgIpc) is 2.43. The minimum Gasteiger partial charge on any atom is -0.491 e. The number of nitrogens with one attached hydrogen (secondary N) is 1. The Morgan fingerprint density at radius 3 is 2.65 bits per heavy atom. The van der Waals surface area contributed by atoms with E-state index in [-0.39, 0.29) is 0 Å². The molecule has 0 aliphatic heterocycles. The first-order valence-electron chi connectivity index (χ1n) is 7.37. The third-order valence-electron chi connectivity index (χ3n) is 3.11. The second kappa shape index (κ2) is 9.75. The van der Waals surface area contributed by atoms with E-state index in [1.807, 2.05) is 0 Å². The van der Waals surface area contributed by atoms with Crippen LogP contribution in [0.4, 0.5) is 0 Å². The summed E-state index contributed by atoms with van der Waals surface area (Å²) >= 11 is 0. The number of aryl methyl sites for hydroxylation is 1. The van der Waals surface area contributed by atoms with Crippen molar-refractivity contribution in [2.75, 3.05) is 39.5 Å². The lowest BCUT2D eigenvalue weighted by molar-refractivity contribution is 0.102. The fourth-order valence-electron chi connectivity index (χ4n) is 1.82. The van der Waals surface area contributed by atoms with Gasteiger partial charge in [-0.2, -0.15) is 0 Å². The molecule has 0 atom stereocenters. The van der Waals surface area contributed by atoms with Crippen molar-refractivity contribution >= 4 is 0 Å². The Balaban J connectivity index is 2.23. The van der Waals surface area contributed by atoms with E-state index in [9.17, 15) is 0 Å². The van der Waals surface area contributed by atoms with Crippen LogP contribution in [-0.2, 0) is 4.74 Å². The number of ether oxygens (including phenoxy) is 2. The third-order valence-corrected chi connectivity index (χ3v) is 3.11. The predicted octanol–water partition coefficient (Wildman–Crippen LogP) is 2.06. The molecule has 0 heterocycles. The summed E-state index contributed by atoms with van der Waals surface area (Å²) in [5, 5.41) is 3.18. The normalized spacial score (nSPS) is 11.1. The summed E-state index contributed by atoms with van der Waals surface area (Å²) in [6.45, 7) is 10.6.